The average Bonchev–Trinajstić information content (AvgIpc) is 2.74. The number of carbonyl (C=O) groups is 1. The summed E-state index contributed by atoms with van der Waals surface area (Å²) in [5.74, 6) is 0.942. The van der Waals surface area contributed by atoms with Crippen molar-refractivity contribution in [2.45, 2.75) is 23.8 Å². The standard InChI is InChI=1S/C12H12N2O3S/c1-7-10(4-5-17-7)18-11-9(12(15)16-3)6-13-8(2)14-11/h4-6H,1-3H3. The fourth-order valence-corrected chi connectivity index (χ4v) is 2.31. The number of carbonyl (C=O) groups excluding carboxylic acids is 1. The van der Waals surface area contributed by atoms with Crippen LogP contribution in [0.15, 0.2) is 32.9 Å². The maximum atomic E-state index is 11.6. The molecule has 2 heterocycles. The second kappa shape index (κ2) is 5.22. The number of methoxy groups -OCH3 is 1. The number of ether oxygens (including phenoxy) is 1. The fraction of sp³-hybridized carbons (Fsp3) is 0.250. The zero-order valence-electron chi connectivity index (χ0n) is 10.3. The first-order chi connectivity index (χ1) is 8.61. The van der Waals surface area contributed by atoms with Crippen LogP contribution in [0.2, 0.25) is 0 Å². The van der Waals surface area contributed by atoms with Gasteiger partial charge in [-0.3, -0.25) is 0 Å². The zero-order valence-corrected chi connectivity index (χ0v) is 11.1. The minimum Gasteiger partial charge on any atom is -0.468 e. The Bertz CT molecular complexity index is 580. The Balaban J connectivity index is 2.39. The van der Waals surface area contributed by atoms with Crippen LogP contribution in [-0.2, 0) is 4.74 Å². The summed E-state index contributed by atoms with van der Waals surface area (Å²) in [6.07, 6.45) is 3.08. The van der Waals surface area contributed by atoms with E-state index in [-0.39, 0.29) is 0 Å². The van der Waals surface area contributed by atoms with Gasteiger partial charge in [0.05, 0.1) is 18.3 Å². The van der Waals surface area contributed by atoms with Gasteiger partial charge in [0.1, 0.15) is 22.2 Å². The van der Waals surface area contributed by atoms with Crippen molar-refractivity contribution in [2.24, 2.45) is 0 Å². The first kappa shape index (κ1) is 12.6. The van der Waals surface area contributed by atoms with E-state index >= 15 is 0 Å². The SMILES string of the molecule is COC(=O)c1cnc(C)nc1Sc1ccoc1C. The lowest BCUT2D eigenvalue weighted by Gasteiger charge is -2.06. The Morgan fingerprint density at radius 1 is 1.44 bits per heavy atom. The van der Waals surface area contributed by atoms with E-state index in [0.717, 1.165) is 10.7 Å². The topological polar surface area (TPSA) is 65.2 Å². The molecule has 0 radical (unpaired) electrons. The van der Waals surface area contributed by atoms with Crippen LogP contribution in [0.3, 0.4) is 0 Å². The first-order valence-electron chi connectivity index (χ1n) is 5.25. The fourth-order valence-electron chi connectivity index (χ4n) is 1.36. The highest BCUT2D eigenvalue weighted by Crippen LogP contribution is 2.31. The molecule has 0 amide bonds. The molecule has 0 saturated heterocycles. The summed E-state index contributed by atoms with van der Waals surface area (Å²) in [4.78, 5) is 20.8. The number of esters is 1. The highest BCUT2D eigenvalue weighted by molar-refractivity contribution is 7.99. The van der Waals surface area contributed by atoms with Crippen molar-refractivity contribution in [3.05, 3.63) is 35.7 Å². The maximum absolute atomic E-state index is 11.6. The minimum atomic E-state index is -0.446. The summed E-state index contributed by atoms with van der Waals surface area (Å²) in [6, 6.07) is 1.83. The zero-order chi connectivity index (χ0) is 13.1. The van der Waals surface area contributed by atoms with Crippen LogP contribution in [0, 0.1) is 13.8 Å². The molecule has 0 fully saturated rings. The molecule has 5 nitrogen and oxygen atoms in total. The predicted molar refractivity (Wildman–Crippen MR) is 65.7 cm³/mol. The number of nitrogens with zero attached hydrogens (tertiary/aromatic N) is 2. The molecule has 0 unspecified atom stereocenters. The molecule has 0 aromatic carbocycles. The number of aryl methyl sites for hydroxylation is 2. The molecule has 0 saturated carbocycles. The quantitative estimate of drug-likeness (QED) is 0.627. The van der Waals surface area contributed by atoms with Gasteiger partial charge in [-0.25, -0.2) is 14.8 Å². The molecule has 0 aliphatic carbocycles. The van der Waals surface area contributed by atoms with Crippen molar-refractivity contribution in [2.75, 3.05) is 7.11 Å². The Morgan fingerprint density at radius 2 is 2.22 bits per heavy atom. The van der Waals surface area contributed by atoms with Crippen molar-refractivity contribution in [1.82, 2.24) is 9.97 Å². The normalized spacial score (nSPS) is 10.4. The molecule has 6 heteroatoms. The molecule has 0 aliphatic rings. The molecule has 18 heavy (non-hydrogen) atoms. The van der Waals surface area contributed by atoms with E-state index in [1.54, 1.807) is 13.2 Å². The highest BCUT2D eigenvalue weighted by atomic mass is 32.2. The van der Waals surface area contributed by atoms with Gasteiger partial charge in [0.15, 0.2) is 0 Å². The van der Waals surface area contributed by atoms with E-state index < -0.39 is 5.97 Å². The first-order valence-corrected chi connectivity index (χ1v) is 6.07. The van der Waals surface area contributed by atoms with E-state index in [0.29, 0.717) is 16.4 Å². The molecular formula is C12H12N2O3S. The summed E-state index contributed by atoms with van der Waals surface area (Å²) in [5.41, 5.74) is 0.355. The van der Waals surface area contributed by atoms with Crippen LogP contribution in [-0.4, -0.2) is 23.0 Å². The molecule has 94 valence electrons. The van der Waals surface area contributed by atoms with Gasteiger partial charge in [-0.15, -0.1) is 0 Å². The molecule has 0 spiro atoms. The molecular weight excluding hydrogens is 252 g/mol. The average molecular weight is 264 g/mol. The van der Waals surface area contributed by atoms with Gasteiger partial charge >= 0.3 is 5.97 Å². The summed E-state index contributed by atoms with van der Waals surface area (Å²) >= 11 is 1.36. The largest absolute Gasteiger partial charge is 0.468 e. The number of rotatable bonds is 3. The van der Waals surface area contributed by atoms with Crippen molar-refractivity contribution < 1.29 is 13.9 Å². The number of hydrogen-bond acceptors (Lipinski definition) is 6. The van der Waals surface area contributed by atoms with E-state index in [4.69, 9.17) is 9.15 Å². The van der Waals surface area contributed by atoms with Crippen LogP contribution in [0.4, 0.5) is 0 Å². The Labute approximate surface area is 109 Å². The Morgan fingerprint density at radius 3 is 2.83 bits per heavy atom. The van der Waals surface area contributed by atoms with Gasteiger partial charge in [-0.2, -0.15) is 0 Å². The molecule has 0 bridgehead atoms. The van der Waals surface area contributed by atoms with Gasteiger partial charge in [0, 0.05) is 6.20 Å². The van der Waals surface area contributed by atoms with E-state index in [2.05, 4.69) is 9.97 Å². The number of aromatic nitrogens is 2. The van der Waals surface area contributed by atoms with E-state index in [9.17, 15) is 4.79 Å². The smallest absolute Gasteiger partial charge is 0.342 e. The number of furan rings is 1. The maximum Gasteiger partial charge on any atom is 0.342 e. The van der Waals surface area contributed by atoms with Gasteiger partial charge < -0.3 is 9.15 Å². The van der Waals surface area contributed by atoms with Crippen molar-refractivity contribution in [3.63, 3.8) is 0 Å². The summed E-state index contributed by atoms with van der Waals surface area (Å²) in [6.45, 7) is 3.63. The van der Waals surface area contributed by atoms with E-state index in [1.807, 2.05) is 13.0 Å². The Kier molecular flexibility index (Phi) is 3.66. The summed E-state index contributed by atoms with van der Waals surface area (Å²) in [7, 11) is 1.33. The van der Waals surface area contributed by atoms with Crippen molar-refractivity contribution >= 4 is 17.7 Å². The second-order valence-corrected chi connectivity index (χ2v) is 4.60. The third kappa shape index (κ3) is 2.53. The van der Waals surface area contributed by atoms with Crippen LogP contribution in [0.25, 0.3) is 0 Å². The third-order valence-electron chi connectivity index (χ3n) is 2.30. The monoisotopic (exact) mass is 264 g/mol. The third-order valence-corrected chi connectivity index (χ3v) is 3.45. The van der Waals surface area contributed by atoms with Crippen molar-refractivity contribution in [1.29, 1.82) is 0 Å². The summed E-state index contributed by atoms with van der Waals surface area (Å²) < 4.78 is 9.92. The minimum absolute atomic E-state index is 0.355. The van der Waals surface area contributed by atoms with Crippen molar-refractivity contribution in [3.8, 4) is 0 Å². The van der Waals surface area contributed by atoms with Gasteiger partial charge in [0.2, 0.25) is 0 Å². The van der Waals surface area contributed by atoms with Gasteiger partial charge in [-0.05, 0) is 19.9 Å². The Hall–Kier alpha value is -1.82. The molecule has 0 N–H and O–H groups in total. The van der Waals surface area contributed by atoms with Gasteiger partial charge in [-0.1, -0.05) is 11.8 Å². The lowest BCUT2D eigenvalue weighted by Crippen LogP contribution is -2.06. The van der Waals surface area contributed by atoms with Crippen LogP contribution < -0.4 is 0 Å². The lowest BCUT2D eigenvalue weighted by atomic mass is 10.3. The predicted octanol–water partition coefficient (Wildman–Crippen LogP) is 2.62. The molecule has 2 aromatic rings. The molecule has 2 rings (SSSR count). The summed E-state index contributed by atoms with van der Waals surface area (Å²) in [5, 5.41) is 0.568. The lowest BCUT2D eigenvalue weighted by molar-refractivity contribution is 0.0595. The molecule has 2 aromatic heterocycles. The second-order valence-electron chi connectivity index (χ2n) is 3.57. The molecule has 0 atom stereocenters. The van der Waals surface area contributed by atoms with Crippen LogP contribution >= 0.6 is 11.8 Å². The van der Waals surface area contributed by atoms with Gasteiger partial charge in [0.25, 0.3) is 0 Å². The van der Waals surface area contributed by atoms with E-state index in [1.165, 1.54) is 25.1 Å². The van der Waals surface area contributed by atoms with Crippen LogP contribution in [0.5, 0.6) is 0 Å². The highest BCUT2D eigenvalue weighted by Gasteiger charge is 2.16. The van der Waals surface area contributed by atoms with Crippen LogP contribution in [0.1, 0.15) is 21.9 Å². The molecule has 0 aliphatic heterocycles. The number of hydrogen-bond donors (Lipinski definition) is 0.